The molecule has 2 amide bonds. The first-order valence-corrected chi connectivity index (χ1v) is 6.94. The fourth-order valence-electron chi connectivity index (χ4n) is 1.59. The van der Waals surface area contributed by atoms with E-state index in [-0.39, 0.29) is 11.5 Å². The van der Waals surface area contributed by atoms with Crippen LogP contribution < -0.4 is 10.6 Å². The summed E-state index contributed by atoms with van der Waals surface area (Å²) in [6.07, 6.45) is 0.784. The van der Waals surface area contributed by atoms with Gasteiger partial charge in [0.15, 0.2) is 6.61 Å². The second-order valence-electron chi connectivity index (χ2n) is 4.64. The van der Waals surface area contributed by atoms with Crippen LogP contribution in [-0.2, 0) is 14.3 Å². The molecule has 1 atom stereocenters. The number of nitrogens with one attached hydrogen (secondary N) is 2. The summed E-state index contributed by atoms with van der Waals surface area (Å²) in [5.41, 5.74) is -0.246. The van der Waals surface area contributed by atoms with Gasteiger partial charge in [-0.25, -0.2) is 9.18 Å². The highest BCUT2D eigenvalue weighted by atomic mass is 19.1. The van der Waals surface area contributed by atoms with Gasteiger partial charge in [-0.1, -0.05) is 19.1 Å². The van der Waals surface area contributed by atoms with Crippen LogP contribution >= 0.6 is 0 Å². The molecule has 6 nitrogen and oxygen atoms in total. The minimum atomic E-state index is -0.934. The third kappa shape index (κ3) is 5.51. The van der Waals surface area contributed by atoms with Crippen LogP contribution in [0.4, 0.5) is 4.39 Å². The largest absolute Gasteiger partial charge is 0.452 e. The minimum Gasteiger partial charge on any atom is -0.452 e. The van der Waals surface area contributed by atoms with Crippen LogP contribution in [0.5, 0.6) is 0 Å². The van der Waals surface area contributed by atoms with Crippen molar-refractivity contribution in [3.8, 4) is 0 Å². The average Bonchev–Trinajstić information content (AvgIpc) is 2.50. The zero-order valence-corrected chi connectivity index (χ0v) is 12.5. The van der Waals surface area contributed by atoms with Crippen LogP contribution in [0.2, 0.25) is 0 Å². The summed E-state index contributed by atoms with van der Waals surface area (Å²) in [6.45, 7) is 3.35. The van der Waals surface area contributed by atoms with Crippen molar-refractivity contribution in [2.24, 2.45) is 0 Å². The van der Waals surface area contributed by atoms with E-state index in [9.17, 15) is 18.8 Å². The summed E-state index contributed by atoms with van der Waals surface area (Å²) in [6, 6.07) is 4.56. The van der Waals surface area contributed by atoms with E-state index < -0.39 is 30.3 Å². The van der Waals surface area contributed by atoms with Gasteiger partial charge in [-0.2, -0.15) is 0 Å². The predicted octanol–water partition coefficient (Wildman–Crippen LogP) is 1.01. The Balaban J connectivity index is 2.41. The number of rotatable bonds is 7. The summed E-state index contributed by atoms with van der Waals surface area (Å²) in [7, 11) is 0. The van der Waals surface area contributed by atoms with Gasteiger partial charge in [-0.15, -0.1) is 0 Å². The third-order valence-electron chi connectivity index (χ3n) is 2.75. The smallest absolute Gasteiger partial charge is 0.341 e. The number of halogens is 1. The van der Waals surface area contributed by atoms with Gasteiger partial charge in [0, 0.05) is 6.54 Å². The van der Waals surface area contributed by atoms with Crippen LogP contribution in [0, 0.1) is 5.82 Å². The maximum absolute atomic E-state index is 13.3. The van der Waals surface area contributed by atoms with Crippen molar-refractivity contribution in [2.45, 2.75) is 26.3 Å². The lowest BCUT2D eigenvalue weighted by atomic mass is 10.2. The molecule has 0 unspecified atom stereocenters. The van der Waals surface area contributed by atoms with Crippen molar-refractivity contribution in [3.05, 3.63) is 35.6 Å². The fourth-order valence-corrected chi connectivity index (χ4v) is 1.59. The van der Waals surface area contributed by atoms with Gasteiger partial charge >= 0.3 is 5.97 Å². The van der Waals surface area contributed by atoms with Crippen molar-refractivity contribution in [1.82, 2.24) is 10.6 Å². The molecule has 1 rings (SSSR count). The molecule has 0 heterocycles. The molecule has 0 aliphatic carbocycles. The number of hydrogen-bond acceptors (Lipinski definition) is 4. The molecule has 0 bridgehead atoms. The Bertz CT molecular complexity index is 548. The third-order valence-corrected chi connectivity index (χ3v) is 2.75. The highest BCUT2D eigenvalue weighted by molar-refractivity contribution is 5.92. The quantitative estimate of drug-likeness (QED) is 0.736. The average molecular weight is 310 g/mol. The van der Waals surface area contributed by atoms with E-state index in [2.05, 4.69) is 10.6 Å². The Hall–Kier alpha value is -2.44. The second-order valence-corrected chi connectivity index (χ2v) is 4.64. The molecule has 0 aliphatic heterocycles. The van der Waals surface area contributed by atoms with Crippen molar-refractivity contribution in [3.63, 3.8) is 0 Å². The van der Waals surface area contributed by atoms with Crippen molar-refractivity contribution >= 4 is 17.8 Å². The molecular weight excluding hydrogens is 291 g/mol. The van der Waals surface area contributed by atoms with Crippen molar-refractivity contribution < 1.29 is 23.5 Å². The molecule has 7 heteroatoms. The molecule has 0 radical (unpaired) electrons. The SMILES string of the molecule is CCCNC(=O)[C@@H](C)NC(=O)COC(=O)c1ccccc1F. The Morgan fingerprint density at radius 1 is 1.27 bits per heavy atom. The highest BCUT2D eigenvalue weighted by Crippen LogP contribution is 2.07. The lowest BCUT2D eigenvalue weighted by Gasteiger charge is -2.13. The normalized spacial score (nSPS) is 11.4. The highest BCUT2D eigenvalue weighted by Gasteiger charge is 2.17. The van der Waals surface area contributed by atoms with Crippen LogP contribution in [0.15, 0.2) is 24.3 Å². The number of carbonyl (C=O) groups is 3. The maximum Gasteiger partial charge on any atom is 0.341 e. The standard InChI is InChI=1S/C15H19FN2O4/c1-3-8-17-14(20)10(2)18-13(19)9-22-15(21)11-6-4-5-7-12(11)16/h4-7,10H,3,8-9H2,1-2H3,(H,17,20)(H,18,19)/t10-/m1/s1. The lowest BCUT2D eigenvalue weighted by molar-refractivity contribution is -0.130. The van der Waals surface area contributed by atoms with Crippen LogP contribution in [0.1, 0.15) is 30.6 Å². The summed E-state index contributed by atoms with van der Waals surface area (Å²) < 4.78 is 18.1. The van der Waals surface area contributed by atoms with Gasteiger partial charge in [0.05, 0.1) is 5.56 Å². The Labute approximate surface area is 128 Å². The molecule has 0 fully saturated rings. The van der Waals surface area contributed by atoms with Crippen molar-refractivity contribution in [2.75, 3.05) is 13.2 Å². The van der Waals surface area contributed by atoms with E-state index in [1.54, 1.807) is 0 Å². The first-order chi connectivity index (χ1) is 10.5. The molecule has 0 spiro atoms. The molecule has 0 saturated heterocycles. The number of esters is 1. The first kappa shape index (κ1) is 17.6. The number of ether oxygens (including phenoxy) is 1. The number of hydrogen-bond donors (Lipinski definition) is 2. The van der Waals surface area contributed by atoms with E-state index >= 15 is 0 Å². The van der Waals surface area contributed by atoms with Gasteiger partial charge in [-0.05, 0) is 25.5 Å². The summed E-state index contributed by atoms with van der Waals surface area (Å²) >= 11 is 0. The zero-order valence-electron chi connectivity index (χ0n) is 12.5. The van der Waals surface area contributed by atoms with Gasteiger partial charge < -0.3 is 15.4 Å². The van der Waals surface area contributed by atoms with Gasteiger partial charge in [-0.3, -0.25) is 9.59 Å². The number of benzene rings is 1. The maximum atomic E-state index is 13.3. The molecule has 120 valence electrons. The van der Waals surface area contributed by atoms with E-state index in [1.807, 2.05) is 6.92 Å². The van der Waals surface area contributed by atoms with Crippen molar-refractivity contribution in [1.29, 1.82) is 0 Å². The molecule has 0 saturated carbocycles. The first-order valence-electron chi connectivity index (χ1n) is 6.94. The topological polar surface area (TPSA) is 84.5 Å². The Kier molecular flexibility index (Phi) is 7.01. The second kappa shape index (κ2) is 8.76. The molecule has 1 aromatic carbocycles. The number of amides is 2. The van der Waals surface area contributed by atoms with Gasteiger partial charge in [0.25, 0.3) is 5.91 Å². The van der Waals surface area contributed by atoms with Gasteiger partial charge in [0.2, 0.25) is 5.91 Å². The molecule has 0 aromatic heterocycles. The predicted molar refractivity (Wildman–Crippen MR) is 77.6 cm³/mol. The fraction of sp³-hybridized carbons (Fsp3) is 0.400. The number of carbonyl (C=O) groups excluding carboxylic acids is 3. The molecule has 2 N–H and O–H groups in total. The van der Waals surface area contributed by atoms with E-state index in [0.29, 0.717) is 6.54 Å². The van der Waals surface area contributed by atoms with E-state index in [1.165, 1.54) is 25.1 Å². The Morgan fingerprint density at radius 2 is 1.95 bits per heavy atom. The van der Waals surface area contributed by atoms with Crippen LogP contribution in [0.25, 0.3) is 0 Å². The summed E-state index contributed by atoms with van der Waals surface area (Å²) in [5, 5.41) is 5.01. The van der Waals surface area contributed by atoms with E-state index in [4.69, 9.17) is 4.74 Å². The molecule has 1 aromatic rings. The molecule has 22 heavy (non-hydrogen) atoms. The minimum absolute atomic E-state index is 0.246. The Morgan fingerprint density at radius 3 is 2.59 bits per heavy atom. The molecular formula is C15H19FN2O4. The van der Waals surface area contributed by atoms with Gasteiger partial charge in [0.1, 0.15) is 11.9 Å². The lowest BCUT2D eigenvalue weighted by Crippen LogP contribution is -2.46. The monoisotopic (exact) mass is 310 g/mol. The zero-order chi connectivity index (χ0) is 16.5. The molecule has 0 aliphatic rings. The van der Waals surface area contributed by atoms with Crippen LogP contribution in [-0.4, -0.2) is 37.0 Å². The van der Waals surface area contributed by atoms with Crippen LogP contribution in [0.3, 0.4) is 0 Å². The summed E-state index contributed by atoms with van der Waals surface area (Å²) in [5.74, 6) is -2.61. The van der Waals surface area contributed by atoms with E-state index in [0.717, 1.165) is 12.5 Å². The summed E-state index contributed by atoms with van der Waals surface area (Å²) in [4.78, 5) is 34.8.